The molecule has 1 aliphatic carbocycles. The molecule has 2 fully saturated rings. The summed E-state index contributed by atoms with van der Waals surface area (Å²) in [7, 11) is -1.21. The fourth-order valence-corrected chi connectivity index (χ4v) is 7.44. The molecule has 10 nitrogen and oxygen atoms in total. The molecule has 0 bridgehead atoms. The van der Waals surface area contributed by atoms with Crippen LogP contribution in [-0.4, -0.2) is 77.7 Å². The third-order valence-corrected chi connectivity index (χ3v) is 11.1. The summed E-state index contributed by atoms with van der Waals surface area (Å²) >= 11 is 1.66. The Hall–Kier alpha value is -3.19. The van der Waals surface area contributed by atoms with E-state index in [1.165, 1.54) is 51.6 Å². The van der Waals surface area contributed by atoms with Crippen molar-refractivity contribution in [3.05, 3.63) is 47.9 Å². The summed E-state index contributed by atoms with van der Waals surface area (Å²) in [6.07, 6.45) is 12.9. The Morgan fingerprint density at radius 2 is 1.77 bits per heavy atom. The molecule has 1 saturated heterocycles. The molecule has 12 heteroatoms. The minimum absolute atomic E-state index is 0.379. The Labute approximate surface area is 265 Å². The largest absolute Gasteiger partial charge is 0.491 e. The highest BCUT2D eigenvalue weighted by atomic mass is 32.1. The number of nitrogens with one attached hydrogen (secondary N) is 1. The maximum Gasteiger partial charge on any atom is 0.215 e. The second-order valence-corrected chi connectivity index (χ2v) is 19.7. The van der Waals surface area contributed by atoms with Gasteiger partial charge >= 0.3 is 0 Å². The average Bonchev–Trinajstić information content (AvgIpc) is 3.80. The van der Waals surface area contributed by atoms with Gasteiger partial charge in [-0.15, -0.1) is 10.2 Å². The highest BCUT2D eigenvalue weighted by Crippen LogP contribution is 2.38. The molecule has 1 aliphatic heterocycles. The molecule has 0 spiro atoms. The summed E-state index contributed by atoms with van der Waals surface area (Å²) in [5.41, 5.74) is 3.27. The van der Waals surface area contributed by atoms with Crippen molar-refractivity contribution in [2.24, 2.45) is 0 Å². The molecule has 0 unspecified atom stereocenters. The van der Waals surface area contributed by atoms with Crippen LogP contribution in [0.4, 0.5) is 22.3 Å². The van der Waals surface area contributed by atoms with E-state index >= 15 is 0 Å². The minimum atomic E-state index is -1.21. The van der Waals surface area contributed by atoms with Gasteiger partial charge in [0.2, 0.25) is 5.13 Å². The molecule has 0 amide bonds. The first kappa shape index (κ1) is 30.8. The predicted octanol–water partition coefficient (Wildman–Crippen LogP) is 7.20. The van der Waals surface area contributed by atoms with E-state index in [4.69, 9.17) is 14.5 Å². The summed E-state index contributed by atoms with van der Waals surface area (Å²) in [6.45, 7) is 12.1. The Kier molecular flexibility index (Phi) is 10.00. The third kappa shape index (κ3) is 8.29. The van der Waals surface area contributed by atoms with Gasteiger partial charge in [0.1, 0.15) is 29.9 Å². The summed E-state index contributed by atoms with van der Waals surface area (Å²) in [4.78, 5) is 18.6. The number of hydrogen-bond acceptors (Lipinski definition) is 11. The van der Waals surface area contributed by atoms with Crippen molar-refractivity contribution >= 4 is 52.8 Å². The van der Waals surface area contributed by atoms with Gasteiger partial charge in [0.05, 0.1) is 41.0 Å². The first-order valence-electron chi connectivity index (χ1n) is 15.9. The van der Waals surface area contributed by atoms with E-state index in [9.17, 15) is 0 Å². The molecule has 5 heterocycles. The van der Waals surface area contributed by atoms with Crippen molar-refractivity contribution in [2.45, 2.75) is 70.1 Å². The van der Waals surface area contributed by atoms with Crippen LogP contribution in [0, 0.1) is 0 Å². The smallest absolute Gasteiger partial charge is 0.215 e. The van der Waals surface area contributed by atoms with Gasteiger partial charge in [0.25, 0.3) is 0 Å². The number of anilines is 4. The van der Waals surface area contributed by atoms with Crippen LogP contribution in [0.2, 0.25) is 25.7 Å². The summed E-state index contributed by atoms with van der Waals surface area (Å²) in [5, 5.41) is 14.6. The van der Waals surface area contributed by atoms with Crippen molar-refractivity contribution in [3.8, 4) is 5.75 Å². The molecule has 0 radical (unpaired) electrons. The average molecular weight is 633 g/mol. The van der Waals surface area contributed by atoms with Crippen LogP contribution in [0.3, 0.4) is 0 Å². The molecule has 234 valence electrons. The highest BCUT2D eigenvalue weighted by Gasteiger charge is 2.24. The van der Waals surface area contributed by atoms with Crippen LogP contribution in [0.25, 0.3) is 11.0 Å². The van der Waals surface area contributed by atoms with E-state index in [2.05, 4.69) is 50.0 Å². The Morgan fingerprint density at radius 1 is 0.955 bits per heavy atom. The maximum absolute atomic E-state index is 6.21. The zero-order valence-corrected chi connectivity index (χ0v) is 28.0. The Balaban J connectivity index is 1.18. The molecule has 2 aliphatic rings. The molecule has 44 heavy (non-hydrogen) atoms. The lowest BCUT2D eigenvalue weighted by molar-refractivity contribution is 0.153. The van der Waals surface area contributed by atoms with Gasteiger partial charge in [0.15, 0.2) is 0 Å². The van der Waals surface area contributed by atoms with Crippen molar-refractivity contribution in [2.75, 3.05) is 49.8 Å². The van der Waals surface area contributed by atoms with Gasteiger partial charge < -0.3 is 14.8 Å². The van der Waals surface area contributed by atoms with Gasteiger partial charge in [-0.25, -0.2) is 4.98 Å². The number of pyridine rings is 3. The second-order valence-electron chi connectivity index (χ2n) is 13.0. The number of fused-ring (bicyclic) bond motifs is 1. The molecule has 4 aromatic heterocycles. The van der Waals surface area contributed by atoms with Crippen LogP contribution in [0.15, 0.2) is 42.9 Å². The summed E-state index contributed by atoms with van der Waals surface area (Å²) < 4.78 is 12.2. The second kappa shape index (κ2) is 14.3. The summed E-state index contributed by atoms with van der Waals surface area (Å²) in [5.74, 6) is 2.04. The topological polar surface area (TPSA) is 101 Å². The van der Waals surface area contributed by atoms with Gasteiger partial charge in [-0.2, -0.15) is 0 Å². The van der Waals surface area contributed by atoms with Gasteiger partial charge in [0, 0.05) is 33.2 Å². The normalized spacial score (nSPS) is 16.2. The zero-order chi connectivity index (χ0) is 30.4. The highest BCUT2D eigenvalue weighted by molar-refractivity contribution is 7.15. The molecule has 1 saturated carbocycles. The Morgan fingerprint density at radius 3 is 2.59 bits per heavy atom. The molecular formula is C32H44N8O2SSi. The number of aromatic nitrogens is 5. The fourth-order valence-electron chi connectivity index (χ4n) is 5.67. The van der Waals surface area contributed by atoms with Crippen molar-refractivity contribution < 1.29 is 9.47 Å². The minimum Gasteiger partial charge on any atom is -0.491 e. The fraction of sp³-hybridized carbons (Fsp3) is 0.531. The SMILES string of the molecule is C[Si](C)(C)CCOCN(c1ccc2ncc(Nc3cncc(OCCN4CCCC4)c3)cc2n1)c1nnc(C2CCCC2)s1. The third-order valence-electron chi connectivity index (χ3n) is 8.26. The Bertz CT molecular complexity index is 1520. The lowest BCUT2D eigenvalue weighted by Gasteiger charge is -2.22. The first-order valence-corrected chi connectivity index (χ1v) is 20.4. The maximum atomic E-state index is 6.21. The van der Waals surface area contributed by atoms with Crippen molar-refractivity contribution in [3.63, 3.8) is 0 Å². The predicted molar refractivity (Wildman–Crippen MR) is 180 cm³/mol. The number of hydrogen-bond donors (Lipinski definition) is 1. The number of ether oxygens (including phenoxy) is 2. The van der Waals surface area contributed by atoms with E-state index in [1.807, 2.05) is 35.4 Å². The molecular weight excluding hydrogens is 589 g/mol. The lowest BCUT2D eigenvalue weighted by Crippen LogP contribution is -2.26. The number of likely N-dealkylation sites (tertiary alicyclic amines) is 1. The van der Waals surface area contributed by atoms with Crippen LogP contribution in [0.1, 0.15) is 49.5 Å². The standard InChI is InChI=1S/C32H44N8O2SSi/c1-44(2,3)17-16-41-23-40(32-38-37-31(43-32)24-8-4-5-9-24)30-11-10-28-29(36-30)19-26(21-34-28)35-25-18-27(22-33-20-25)42-15-14-39-12-6-7-13-39/h10-11,18-22,24,35H,4-9,12-17,23H2,1-3H3. The van der Waals surface area contributed by atoms with Crippen LogP contribution in [-0.2, 0) is 4.74 Å². The first-order chi connectivity index (χ1) is 21.4. The molecule has 0 atom stereocenters. The van der Waals surface area contributed by atoms with Gasteiger partial charge in [-0.3, -0.25) is 19.8 Å². The molecule has 4 aromatic rings. The zero-order valence-electron chi connectivity index (χ0n) is 26.2. The van der Waals surface area contributed by atoms with Gasteiger partial charge in [-0.05, 0) is 63.0 Å². The van der Waals surface area contributed by atoms with E-state index in [0.717, 1.165) is 63.3 Å². The molecule has 6 rings (SSSR count). The lowest BCUT2D eigenvalue weighted by atomic mass is 10.1. The van der Waals surface area contributed by atoms with E-state index in [0.29, 0.717) is 19.3 Å². The van der Waals surface area contributed by atoms with Crippen molar-refractivity contribution in [1.82, 2.24) is 30.0 Å². The number of rotatable bonds is 14. The van der Waals surface area contributed by atoms with E-state index < -0.39 is 8.07 Å². The monoisotopic (exact) mass is 632 g/mol. The van der Waals surface area contributed by atoms with Crippen LogP contribution < -0.4 is 15.0 Å². The summed E-state index contributed by atoms with van der Waals surface area (Å²) in [6, 6.07) is 9.09. The number of nitrogens with zero attached hydrogens (tertiary/aromatic N) is 7. The van der Waals surface area contributed by atoms with Crippen LogP contribution in [0.5, 0.6) is 5.75 Å². The van der Waals surface area contributed by atoms with Crippen molar-refractivity contribution in [1.29, 1.82) is 0 Å². The van der Waals surface area contributed by atoms with Crippen LogP contribution >= 0.6 is 11.3 Å². The van der Waals surface area contributed by atoms with E-state index in [-0.39, 0.29) is 0 Å². The van der Waals surface area contributed by atoms with E-state index in [1.54, 1.807) is 23.7 Å². The molecule has 0 aromatic carbocycles. The van der Waals surface area contributed by atoms with Gasteiger partial charge in [-0.1, -0.05) is 43.8 Å². The quantitative estimate of drug-likeness (QED) is 0.0872. The molecule has 1 N–H and O–H groups in total.